The Labute approximate surface area is 148 Å². The first-order valence-corrected chi connectivity index (χ1v) is 7.97. The van der Waals surface area contributed by atoms with Crippen molar-refractivity contribution in [3.05, 3.63) is 45.8 Å². The van der Waals surface area contributed by atoms with Crippen LogP contribution in [0.5, 0.6) is 0 Å². The molecule has 0 fully saturated rings. The van der Waals surface area contributed by atoms with Gasteiger partial charge in [0, 0.05) is 11.6 Å². The molecule has 0 radical (unpaired) electrons. The highest BCUT2D eigenvalue weighted by Gasteiger charge is 2.22. The van der Waals surface area contributed by atoms with E-state index in [1.54, 1.807) is 32.9 Å². The second kappa shape index (κ2) is 6.51. The van der Waals surface area contributed by atoms with Crippen LogP contribution in [0.4, 0.5) is 11.5 Å². The molecule has 3 heterocycles. The summed E-state index contributed by atoms with van der Waals surface area (Å²) in [7, 11) is 0. The third kappa shape index (κ3) is 3.23. The fraction of sp³-hybridized carbons (Fsp3) is 0.294. The molecule has 0 saturated carbocycles. The van der Waals surface area contributed by atoms with Crippen molar-refractivity contribution in [3.8, 4) is 11.3 Å². The average molecular weight is 357 g/mol. The summed E-state index contributed by atoms with van der Waals surface area (Å²) in [6, 6.07) is 3.94. The monoisotopic (exact) mass is 357 g/mol. The minimum Gasteiger partial charge on any atom is -0.466 e. The predicted octanol–water partition coefficient (Wildman–Crippen LogP) is 2.20. The largest absolute Gasteiger partial charge is 0.466 e. The maximum atomic E-state index is 12.5. The van der Waals surface area contributed by atoms with Gasteiger partial charge in [-0.25, -0.2) is 4.68 Å². The zero-order valence-corrected chi connectivity index (χ0v) is 14.9. The molecule has 3 N–H and O–H groups in total. The molecule has 0 saturated heterocycles. The molecule has 0 aliphatic rings. The van der Waals surface area contributed by atoms with E-state index < -0.39 is 17.5 Å². The number of nitrogens with zero attached hydrogens (tertiary/aromatic N) is 3. The maximum absolute atomic E-state index is 12.5. The Kier molecular flexibility index (Phi) is 4.37. The second-order valence-electron chi connectivity index (χ2n) is 6.05. The smallest absolute Gasteiger partial charge is 0.290 e. The summed E-state index contributed by atoms with van der Waals surface area (Å²) in [6.07, 6.45) is 0. The summed E-state index contributed by atoms with van der Waals surface area (Å²) >= 11 is 0. The van der Waals surface area contributed by atoms with Crippen LogP contribution in [-0.2, 0) is 4.79 Å². The van der Waals surface area contributed by atoms with Crippen LogP contribution in [-0.4, -0.2) is 20.8 Å². The van der Waals surface area contributed by atoms with Crippen LogP contribution in [0.2, 0.25) is 0 Å². The summed E-state index contributed by atoms with van der Waals surface area (Å²) < 4.78 is 11.5. The lowest BCUT2D eigenvalue weighted by atomic mass is 10.1. The summed E-state index contributed by atoms with van der Waals surface area (Å²) in [5.41, 5.74) is 6.45. The van der Waals surface area contributed by atoms with Crippen molar-refractivity contribution in [2.45, 2.75) is 33.7 Å². The summed E-state index contributed by atoms with van der Waals surface area (Å²) in [5, 5.41) is 10.6. The molecule has 0 spiro atoms. The van der Waals surface area contributed by atoms with Gasteiger partial charge >= 0.3 is 0 Å². The summed E-state index contributed by atoms with van der Waals surface area (Å²) in [5.74, 6) is 1.71. The van der Waals surface area contributed by atoms with Gasteiger partial charge in [0.15, 0.2) is 5.82 Å². The second-order valence-corrected chi connectivity index (χ2v) is 6.05. The van der Waals surface area contributed by atoms with Crippen LogP contribution >= 0.6 is 0 Å². The van der Waals surface area contributed by atoms with Crippen molar-refractivity contribution < 1.29 is 13.7 Å². The van der Waals surface area contributed by atoms with Crippen LogP contribution in [0, 0.1) is 20.8 Å². The SMILES string of the molecule is Cc1cc(NC(=O)C(C)n2nc(-c3cc(C)oc3C)cc(N)c2=O)no1. The Morgan fingerprint density at radius 2 is 1.96 bits per heavy atom. The Bertz CT molecular complexity index is 1030. The number of anilines is 2. The molecule has 3 aromatic rings. The first-order valence-electron chi connectivity index (χ1n) is 7.97. The minimum absolute atomic E-state index is 0.00909. The average Bonchev–Trinajstić information content (AvgIpc) is 3.13. The van der Waals surface area contributed by atoms with E-state index in [0.717, 1.165) is 4.68 Å². The molecular formula is C17H19N5O4. The Morgan fingerprint density at radius 3 is 2.54 bits per heavy atom. The van der Waals surface area contributed by atoms with Gasteiger partial charge in [-0.2, -0.15) is 5.10 Å². The zero-order chi connectivity index (χ0) is 19.0. The molecular weight excluding hydrogens is 338 g/mol. The number of hydrogen-bond donors (Lipinski definition) is 2. The van der Waals surface area contributed by atoms with Gasteiger partial charge in [-0.15, -0.1) is 0 Å². The number of aryl methyl sites for hydroxylation is 3. The molecule has 136 valence electrons. The van der Waals surface area contributed by atoms with E-state index in [1.165, 1.54) is 6.07 Å². The van der Waals surface area contributed by atoms with Gasteiger partial charge in [0.25, 0.3) is 5.56 Å². The van der Waals surface area contributed by atoms with Crippen LogP contribution in [0.1, 0.15) is 30.2 Å². The third-order valence-corrected chi connectivity index (χ3v) is 3.91. The summed E-state index contributed by atoms with van der Waals surface area (Å²) in [4.78, 5) is 24.8. The lowest BCUT2D eigenvalue weighted by Crippen LogP contribution is -2.34. The number of rotatable bonds is 4. The van der Waals surface area contributed by atoms with E-state index in [0.29, 0.717) is 28.5 Å². The molecule has 9 nitrogen and oxygen atoms in total. The molecule has 9 heteroatoms. The topological polar surface area (TPSA) is 129 Å². The number of furan rings is 1. The van der Waals surface area contributed by atoms with Crippen molar-refractivity contribution in [3.63, 3.8) is 0 Å². The van der Waals surface area contributed by atoms with Crippen LogP contribution < -0.4 is 16.6 Å². The predicted molar refractivity (Wildman–Crippen MR) is 94.7 cm³/mol. The van der Waals surface area contributed by atoms with E-state index in [9.17, 15) is 9.59 Å². The molecule has 3 aromatic heterocycles. The van der Waals surface area contributed by atoms with Gasteiger partial charge in [0.2, 0.25) is 5.91 Å². The number of hydrogen-bond acceptors (Lipinski definition) is 7. The van der Waals surface area contributed by atoms with Crippen LogP contribution in [0.25, 0.3) is 11.3 Å². The molecule has 0 aliphatic heterocycles. The van der Waals surface area contributed by atoms with Gasteiger partial charge in [-0.1, -0.05) is 5.16 Å². The number of nitrogen functional groups attached to an aromatic ring is 1. The number of carbonyl (C=O) groups excluding carboxylic acids is 1. The number of nitrogens with two attached hydrogens (primary N) is 1. The van der Waals surface area contributed by atoms with Crippen molar-refractivity contribution in [1.82, 2.24) is 14.9 Å². The maximum Gasteiger partial charge on any atom is 0.290 e. The lowest BCUT2D eigenvalue weighted by Gasteiger charge is -2.14. The highest BCUT2D eigenvalue weighted by Crippen LogP contribution is 2.25. The van der Waals surface area contributed by atoms with E-state index in [4.69, 9.17) is 14.7 Å². The third-order valence-electron chi connectivity index (χ3n) is 3.91. The van der Waals surface area contributed by atoms with Gasteiger partial charge in [-0.3, -0.25) is 9.59 Å². The van der Waals surface area contributed by atoms with Crippen LogP contribution in [0.15, 0.2) is 31.9 Å². The highest BCUT2D eigenvalue weighted by atomic mass is 16.5. The van der Waals surface area contributed by atoms with E-state index >= 15 is 0 Å². The van der Waals surface area contributed by atoms with Gasteiger partial charge in [0.1, 0.15) is 29.0 Å². The fourth-order valence-electron chi connectivity index (χ4n) is 2.58. The molecule has 0 aromatic carbocycles. The number of amides is 1. The Hall–Kier alpha value is -3.36. The van der Waals surface area contributed by atoms with E-state index in [2.05, 4.69) is 15.6 Å². The van der Waals surface area contributed by atoms with Crippen molar-refractivity contribution in [2.75, 3.05) is 11.1 Å². The Balaban J connectivity index is 1.97. The lowest BCUT2D eigenvalue weighted by molar-refractivity contribution is -0.119. The Morgan fingerprint density at radius 1 is 1.23 bits per heavy atom. The standard InChI is InChI=1S/C17H19N5O4/c1-8-5-12(11(4)25-8)14-7-13(18)17(24)22(20-14)10(3)16(23)19-15-6-9(2)26-21-15/h5-7,10H,18H2,1-4H3,(H,19,21,23). The van der Waals surface area contributed by atoms with Crippen molar-refractivity contribution in [2.24, 2.45) is 0 Å². The molecule has 26 heavy (non-hydrogen) atoms. The zero-order valence-electron chi connectivity index (χ0n) is 14.9. The molecule has 1 unspecified atom stereocenters. The molecule has 0 bridgehead atoms. The minimum atomic E-state index is -0.907. The van der Waals surface area contributed by atoms with Gasteiger partial charge < -0.3 is 20.0 Å². The molecule has 1 amide bonds. The van der Waals surface area contributed by atoms with Gasteiger partial charge in [-0.05, 0) is 39.8 Å². The summed E-state index contributed by atoms with van der Waals surface area (Å²) in [6.45, 7) is 6.86. The van der Waals surface area contributed by atoms with E-state index in [-0.39, 0.29) is 11.5 Å². The number of nitrogens with one attached hydrogen (secondary N) is 1. The van der Waals surface area contributed by atoms with Crippen molar-refractivity contribution in [1.29, 1.82) is 0 Å². The molecule has 0 aliphatic carbocycles. The van der Waals surface area contributed by atoms with E-state index in [1.807, 2.05) is 6.92 Å². The fourth-order valence-corrected chi connectivity index (χ4v) is 2.58. The highest BCUT2D eigenvalue weighted by molar-refractivity contribution is 5.92. The first kappa shape index (κ1) is 17.5. The van der Waals surface area contributed by atoms with Crippen LogP contribution in [0.3, 0.4) is 0 Å². The quantitative estimate of drug-likeness (QED) is 0.732. The molecule has 1 atom stereocenters. The normalized spacial score (nSPS) is 12.2. The van der Waals surface area contributed by atoms with Gasteiger partial charge in [0.05, 0.1) is 5.69 Å². The number of carbonyl (C=O) groups is 1. The molecule has 3 rings (SSSR count). The van der Waals surface area contributed by atoms with Crippen molar-refractivity contribution >= 4 is 17.4 Å². The first-order chi connectivity index (χ1) is 12.3. The number of aromatic nitrogens is 3.